The Morgan fingerprint density at radius 1 is 1.62 bits per heavy atom. The fourth-order valence-electron chi connectivity index (χ4n) is 1.35. The number of likely N-dealkylation sites (N-methyl/N-ethyl adjacent to an activating group) is 1. The van der Waals surface area contributed by atoms with Crippen molar-refractivity contribution in [3.8, 4) is 0 Å². The van der Waals surface area contributed by atoms with Crippen LogP contribution in [-0.4, -0.2) is 30.4 Å². The molecule has 0 atom stereocenters. The lowest BCUT2D eigenvalue weighted by Crippen LogP contribution is -2.38. The molecule has 3 nitrogen and oxygen atoms in total. The zero-order chi connectivity index (χ0) is 12.1. The summed E-state index contributed by atoms with van der Waals surface area (Å²) in [7, 11) is 1.95. The van der Waals surface area contributed by atoms with E-state index >= 15 is 0 Å². The predicted octanol–water partition coefficient (Wildman–Crippen LogP) is 2.47. The molecule has 1 heterocycles. The summed E-state index contributed by atoms with van der Waals surface area (Å²) in [4.78, 5) is 14.8. The minimum Gasteiger partial charge on any atom is -0.353 e. The zero-order valence-electron chi connectivity index (χ0n) is 9.79. The molecule has 1 aromatic rings. The van der Waals surface area contributed by atoms with Crippen LogP contribution in [0.1, 0.15) is 18.7 Å². The van der Waals surface area contributed by atoms with Crippen LogP contribution in [-0.2, 0) is 11.3 Å². The maximum absolute atomic E-state index is 11.5. The van der Waals surface area contributed by atoms with Crippen LogP contribution in [0, 0.1) is 0 Å². The lowest BCUT2D eigenvalue weighted by molar-refractivity contribution is -0.122. The van der Waals surface area contributed by atoms with E-state index in [0.29, 0.717) is 6.54 Å². The summed E-state index contributed by atoms with van der Waals surface area (Å²) in [5, 5.41) is 4.92. The first-order chi connectivity index (χ1) is 7.49. The third-order valence-electron chi connectivity index (χ3n) is 1.97. The fraction of sp³-hybridized carbons (Fsp3) is 0.545. The van der Waals surface area contributed by atoms with Gasteiger partial charge < -0.3 is 5.32 Å². The molecule has 0 spiro atoms. The van der Waals surface area contributed by atoms with E-state index in [4.69, 9.17) is 0 Å². The maximum Gasteiger partial charge on any atom is 0.234 e. The first kappa shape index (κ1) is 13.7. The van der Waals surface area contributed by atoms with E-state index in [1.54, 1.807) is 11.3 Å². The smallest absolute Gasteiger partial charge is 0.234 e. The highest BCUT2D eigenvalue weighted by molar-refractivity contribution is 9.10. The summed E-state index contributed by atoms with van der Waals surface area (Å²) in [6, 6.07) is 2.23. The molecule has 0 aliphatic rings. The van der Waals surface area contributed by atoms with Crippen LogP contribution >= 0.6 is 27.3 Å². The van der Waals surface area contributed by atoms with Gasteiger partial charge in [0.25, 0.3) is 0 Å². The van der Waals surface area contributed by atoms with Gasteiger partial charge in [-0.25, -0.2) is 0 Å². The molecule has 0 radical (unpaired) electrons. The van der Waals surface area contributed by atoms with Crippen molar-refractivity contribution >= 4 is 33.2 Å². The highest BCUT2D eigenvalue weighted by atomic mass is 79.9. The summed E-state index contributed by atoms with van der Waals surface area (Å²) < 4.78 is 1.12. The van der Waals surface area contributed by atoms with Gasteiger partial charge in [-0.3, -0.25) is 9.69 Å². The number of amides is 1. The summed E-state index contributed by atoms with van der Waals surface area (Å²) in [6.07, 6.45) is 0. The van der Waals surface area contributed by atoms with Crippen LogP contribution in [0.2, 0.25) is 0 Å². The third kappa shape index (κ3) is 4.63. The van der Waals surface area contributed by atoms with Gasteiger partial charge in [0.2, 0.25) is 5.91 Å². The molecule has 5 heteroatoms. The van der Waals surface area contributed by atoms with Crippen molar-refractivity contribution in [3.05, 3.63) is 20.8 Å². The van der Waals surface area contributed by atoms with Gasteiger partial charge in [0, 0.05) is 21.9 Å². The lowest BCUT2D eigenvalue weighted by Gasteiger charge is -2.16. The minimum absolute atomic E-state index is 0.0742. The summed E-state index contributed by atoms with van der Waals surface area (Å²) >= 11 is 5.18. The second kappa shape index (κ2) is 6.37. The SMILES string of the molecule is CC(C)NC(=O)CN(C)Cc1sccc1Br. The van der Waals surface area contributed by atoms with E-state index in [-0.39, 0.29) is 11.9 Å². The molecule has 0 aliphatic heterocycles. The Morgan fingerprint density at radius 2 is 2.31 bits per heavy atom. The number of hydrogen-bond acceptors (Lipinski definition) is 3. The van der Waals surface area contributed by atoms with E-state index in [9.17, 15) is 4.79 Å². The highest BCUT2D eigenvalue weighted by Crippen LogP contribution is 2.23. The first-order valence-corrected chi connectivity index (χ1v) is 6.86. The van der Waals surface area contributed by atoms with Crippen molar-refractivity contribution < 1.29 is 4.79 Å². The molecule has 1 N–H and O–H groups in total. The molecular weight excluding hydrogens is 288 g/mol. The van der Waals surface area contributed by atoms with Crippen molar-refractivity contribution in [3.63, 3.8) is 0 Å². The standard InChI is InChI=1S/C11H17BrN2OS/c1-8(2)13-11(15)7-14(3)6-10-9(12)4-5-16-10/h4-5,8H,6-7H2,1-3H3,(H,13,15). The van der Waals surface area contributed by atoms with Crippen LogP contribution in [0.3, 0.4) is 0 Å². The summed E-state index contributed by atoms with van der Waals surface area (Å²) in [6.45, 7) is 5.16. The molecule has 0 unspecified atom stereocenters. The van der Waals surface area contributed by atoms with Crippen molar-refractivity contribution in [2.45, 2.75) is 26.4 Å². The van der Waals surface area contributed by atoms with Gasteiger partial charge in [-0.2, -0.15) is 0 Å². The Kier molecular flexibility index (Phi) is 5.44. The molecule has 0 saturated carbocycles. The Labute approximate surface area is 109 Å². The number of rotatable bonds is 5. The normalized spacial score (nSPS) is 11.1. The van der Waals surface area contributed by atoms with Crippen molar-refractivity contribution in [1.82, 2.24) is 10.2 Å². The fourth-order valence-corrected chi connectivity index (χ4v) is 2.91. The molecule has 90 valence electrons. The van der Waals surface area contributed by atoms with Gasteiger partial charge in [0.05, 0.1) is 6.54 Å². The van der Waals surface area contributed by atoms with Gasteiger partial charge in [-0.05, 0) is 48.3 Å². The Morgan fingerprint density at radius 3 is 2.81 bits per heavy atom. The predicted molar refractivity (Wildman–Crippen MR) is 71.6 cm³/mol. The molecule has 16 heavy (non-hydrogen) atoms. The van der Waals surface area contributed by atoms with Gasteiger partial charge >= 0.3 is 0 Å². The van der Waals surface area contributed by atoms with Gasteiger partial charge in [0.1, 0.15) is 0 Å². The first-order valence-electron chi connectivity index (χ1n) is 5.19. The zero-order valence-corrected chi connectivity index (χ0v) is 12.2. The highest BCUT2D eigenvalue weighted by Gasteiger charge is 2.10. The van der Waals surface area contributed by atoms with Crippen LogP contribution in [0.15, 0.2) is 15.9 Å². The number of hydrogen-bond donors (Lipinski definition) is 1. The monoisotopic (exact) mass is 304 g/mol. The number of carbonyl (C=O) groups is 1. The van der Waals surface area contributed by atoms with Crippen molar-refractivity contribution in [2.75, 3.05) is 13.6 Å². The Balaban J connectivity index is 2.39. The minimum atomic E-state index is 0.0742. The molecule has 0 bridgehead atoms. The topological polar surface area (TPSA) is 32.3 Å². The average molecular weight is 305 g/mol. The van der Waals surface area contributed by atoms with Crippen molar-refractivity contribution in [2.24, 2.45) is 0 Å². The number of halogens is 1. The molecule has 0 aliphatic carbocycles. The molecule has 0 fully saturated rings. The quantitative estimate of drug-likeness (QED) is 0.906. The molecule has 0 aromatic carbocycles. The van der Waals surface area contributed by atoms with Crippen LogP contribution < -0.4 is 5.32 Å². The Hall–Kier alpha value is -0.390. The summed E-state index contributed by atoms with van der Waals surface area (Å²) in [5.74, 6) is 0.0742. The second-order valence-electron chi connectivity index (χ2n) is 4.09. The molecular formula is C11H17BrN2OS. The molecule has 1 aromatic heterocycles. The van der Waals surface area contributed by atoms with E-state index < -0.39 is 0 Å². The molecule has 0 saturated heterocycles. The summed E-state index contributed by atoms with van der Waals surface area (Å²) in [5.41, 5.74) is 0. The van der Waals surface area contributed by atoms with Crippen LogP contribution in [0.25, 0.3) is 0 Å². The lowest BCUT2D eigenvalue weighted by atomic mass is 10.3. The average Bonchev–Trinajstić information content (AvgIpc) is 2.49. The number of nitrogens with one attached hydrogen (secondary N) is 1. The van der Waals surface area contributed by atoms with Gasteiger partial charge in [-0.1, -0.05) is 0 Å². The van der Waals surface area contributed by atoms with Gasteiger partial charge in [0.15, 0.2) is 0 Å². The van der Waals surface area contributed by atoms with Crippen molar-refractivity contribution in [1.29, 1.82) is 0 Å². The number of carbonyl (C=O) groups excluding carboxylic acids is 1. The Bertz CT molecular complexity index is 352. The van der Waals surface area contributed by atoms with Crippen LogP contribution in [0.5, 0.6) is 0 Å². The third-order valence-corrected chi connectivity index (χ3v) is 3.88. The van der Waals surface area contributed by atoms with E-state index in [2.05, 4.69) is 21.2 Å². The second-order valence-corrected chi connectivity index (χ2v) is 5.94. The van der Waals surface area contributed by atoms with E-state index in [1.807, 2.05) is 37.2 Å². The number of thiophene rings is 1. The molecule has 1 amide bonds. The largest absolute Gasteiger partial charge is 0.353 e. The van der Waals surface area contributed by atoms with Crippen LogP contribution in [0.4, 0.5) is 0 Å². The maximum atomic E-state index is 11.5. The van der Waals surface area contributed by atoms with Gasteiger partial charge in [-0.15, -0.1) is 11.3 Å². The van der Waals surface area contributed by atoms with E-state index in [1.165, 1.54) is 4.88 Å². The number of nitrogens with zero attached hydrogens (tertiary/aromatic N) is 1. The molecule has 1 rings (SSSR count). The van der Waals surface area contributed by atoms with E-state index in [0.717, 1.165) is 11.0 Å².